The van der Waals surface area contributed by atoms with Crippen molar-refractivity contribution in [2.45, 2.75) is 6.54 Å². The third kappa shape index (κ3) is 2.42. The Morgan fingerprint density at radius 2 is 1.79 bits per heavy atom. The van der Waals surface area contributed by atoms with Crippen LogP contribution in [0.25, 0.3) is 33.2 Å². The molecule has 0 unspecified atom stereocenters. The predicted molar refractivity (Wildman–Crippen MR) is 99.9 cm³/mol. The van der Waals surface area contributed by atoms with E-state index in [1.54, 1.807) is 7.11 Å². The van der Waals surface area contributed by atoms with Gasteiger partial charge in [-0.15, -0.1) is 11.6 Å². The molecule has 0 fully saturated rings. The van der Waals surface area contributed by atoms with E-state index in [2.05, 4.69) is 34.9 Å². The van der Waals surface area contributed by atoms with Crippen LogP contribution in [-0.2, 0) is 6.54 Å². The summed E-state index contributed by atoms with van der Waals surface area (Å²) in [4.78, 5) is 4.95. The number of hydrogen-bond donors (Lipinski definition) is 0. The smallest absolute Gasteiger partial charge is 0.141 e. The lowest BCUT2D eigenvalue weighted by Crippen LogP contribution is -2.01. The second-order valence-corrected chi connectivity index (χ2v) is 6.04. The topological polar surface area (TPSA) is 27.1 Å². The molecule has 0 N–H and O–H groups in total. The van der Waals surface area contributed by atoms with Crippen molar-refractivity contribution in [3.63, 3.8) is 0 Å². The molecule has 0 spiro atoms. The Bertz CT molecular complexity index is 1010. The number of rotatable bonds is 4. The Balaban J connectivity index is 1.99. The van der Waals surface area contributed by atoms with E-state index in [9.17, 15) is 0 Å². The quantitative estimate of drug-likeness (QED) is 0.484. The van der Waals surface area contributed by atoms with Crippen molar-refractivity contribution < 1.29 is 4.74 Å². The monoisotopic (exact) mass is 336 g/mol. The zero-order valence-electron chi connectivity index (χ0n) is 13.4. The van der Waals surface area contributed by atoms with E-state index in [1.165, 1.54) is 5.39 Å². The predicted octanol–water partition coefficient (Wildman–Crippen LogP) is 5.10. The minimum absolute atomic E-state index is 0.543. The number of nitrogens with zero attached hydrogens (tertiary/aromatic N) is 2. The average molecular weight is 337 g/mol. The number of ether oxygens (including phenoxy) is 1. The highest BCUT2D eigenvalue weighted by Gasteiger charge is 2.14. The van der Waals surface area contributed by atoms with Gasteiger partial charge in [-0.1, -0.05) is 30.3 Å². The van der Waals surface area contributed by atoms with Crippen LogP contribution in [0.3, 0.4) is 0 Å². The van der Waals surface area contributed by atoms with Gasteiger partial charge in [0.2, 0.25) is 0 Å². The van der Waals surface area contributed by atoms with Gasteiger partial charge in [-0.2, -0.15) is 0 Å². The molecular formula is C20H17ClN2O. The van der Waals surface area contributed by atoms with Crippen LogP contribution in [0.5, 0.6) is 5.75 Å². The van der Waals surface area contributed by atoms with Gasteiger partial charge < -0.3 is 9.30 Å². The lowest BCUT2D eigenvalue weighted by Gasteiger charge is -2.08. The Labute approximate surface area is 145 Å². The van der Waals surface area contributed by atoms with Gasteiger partial charge in [-0.25, -0.2) is 4.98 Å². The molecule has 0 aliphatic rings. The molecule has 0 aliphatic heterocycles. The molecule has 24 heavy (non-hydrogen) atoms. The van der Waals surface area contributed by atoms with Crippen LogP contribution in [0, 0.1) is 0 Å². The minimum Gasteiger partial charge on any atom is -0.497 e. The standard InChI is InChI=1S/C20H17ClN2O/c1-24-16-9-6-15(7-10-16)20-22-19-17-5-3-2-4-14(17)8-11-18(19)23(20)13-12-21/h2-11H,12-13H2,1H3. The SMILES string of the molecule is COc1ccc(-c2nc3c4ccccc4ccc3n2CCCl)cc1. The number of hydrogen-bond acceptors (Lipinski definition) is 2. The van der Waals surface area contributed by atoms with Gasteiger partial charge in [0.1, 0.15) is 11.6 Å². The third-order valence-electron chi connectivity index (χ3n) is 4.30. The Morgan fingerprint density at radius 1 is 1.00 bits per heavy atom. The van der Waals surface area contributed by atoms with Crippen LogP contribution in [0.1, 0.15) is 0 Å². The molecular weight excluding hydrogens is 320 g/mol. The highest BCUT2D eigenvalue weighted by molar-refractivity contribution is 6.17. The number of aromatic nitrogens is 2. The van der Waals surface area contributed by atoms with Gasteiger partial charge in [-0.3, -0.25) is 0 Å². The highest BCUT2D eigenvalue weighted by Crippen LogP contribution is 2.30. The summed E-state index contributed by atoms with van der Waals surface area (Å²) < 4.78 is 7.44. The Hall–Kier alpha value is -2.52. The number of benzene rings is 3. The number of methoxy groups -OCH3 is 1. The number of alkyl halides is 1. The molecule has 0 radical (unpaired) electrons. The number of imidazole rings is 1. The zero-order chi connectivity index (χ0) is 16.5. The molecule has 4 heteroatoms. The minimum atomic E-state index is 0.543. The molecule has 4 rings (SSSR count). The van der Waals surface area contributed by atoms with Gasteiger partial charge in [0.25, 0.3) is 0 Å². The number of aryl methyl sites for hydroxylation is 1. The fourth-order valence-corrected chi connectivity index (χ4v) is 3.30. The molecule has 3 aromatic carbocycles. The number of halogens is 1. The maximum absolute atomic E-state index is 6.05. The fourth-order valence-electron chi connectivity index (χ4n) is 3.13. The maximum atomic E-state index is 6.05. The van der Waals surface area contributed by atoms with E-state index in [1.807, 2.05) is 30.3 Å². The molecule has 0 saturated carbocycles. The van der Waals surface area contributed by atoms with E-state index in [0.29, 0.717) is 5.88 Å². The van der Waals surface area contributed by atoms with Gasteiger partial charge in [0.05, 0.1) is 18.1 Å². The molecule has 0 saturated heterocycles. The average Bonchev–Trinajstić information content (AvgIpc) is 3.01. The summed E-state index contributed by atoms with van der Waals surface area (Å²) in [5.74, 6) is 2.32. The lowest BCUT2D eigenvalue weighted by molar-refractivity contribution is 0.415. The second kappa shape index (κ2) is 6.17. The third-order valence-corrected chi connectivity index (χ3v) is 4.47. The highest BCUT2D eigenvalue weighted by atomic mass is 35.5. The van der Waals surface area contributed by atoms with Crippen molar-refractivity contribution in [3.05, 3.63) is 60.7 Å². The van der Waals surface area contributed by atoms with Crippen molar-refractivity contribution >= 4 is 33.4 Å². The molecule has 0 atom stereocenters. The maximum Gasteiger partial charge on any atom is 0.141 e. The first-order valence-corrected chi connectivity index (χ1v) is 8.43. The van der Waals surface area contributed by atoms with Gasteiger partial charge >= 0.3 is 0 Å². The molecule has 1 heterocycles. The lowest BCUT2D eigenvalue weighted by atomic mass is 10.1. The molecule has 4 aromatic rings. The van der Waals surface area contributed by atoms with Crippen LogP contribution in [0.15, 0.2) is 60.7 Å². The molecule has 0 amide bonds. The van der Waals surface area contributed by atoms with E-state index >= 15 is 0 Å². The summed E-state index contributed by atoms with van der Waals surface area (Å²) in [6.07, 6.45) is 0. The van der Waals surface area contributed by atoms with E-state index in [-0.39, 0.29) is 0 Å². The Kier molecular flexibility index (Phi) is 3.87. The van der Waals surface area contributed by atoms with Crippen LogP contribution in [0.4, 0.5) is 0 Å². The fraction of sp³-hybridized carbons (Fsp3) is 0.150. The van der Waals surface area contributed by atoms with E-state index in [0.717, 1.165) is 40.1 Å². The van der Waals surface area contributed by atoms with Crippen LogP contribution < -0.4 is 4.74 Å². The number of fused-ring (bicyclic) bond motifs is 3. The van der Waals surface area contributed by atoms with Gasteiger partial charge in [0, 0.05) is 23.4 Å². The van der Waals surface area contributed by atoms with E-state index < -0.39 is 0 Å². The first-order valence-electron chi connectivity index (χ1n) is 7.90. The van der Waals surface area contributed by atoms with Crippen LogP contribution >= 0.6 is 11.6 Å². The summed E-state index contributed by atoms with van der Waals surface area (Å²) in [6, 6.07) is 20.6. The molecule has 0 bridgehead atoms. The van der Waals surface area contributed by atoms with Crippen molar-refractivity contribution in [1.82, 2.24) is 9.55 Å². The van der Waals surface area contributed by atoms with Crippen molar-refractivity contribution in [3.8, 4) is 17.1 Å². The van der Waals surface area contributed by atoms with E-state index in [4.69, 9.17) is 21.3 Å². The molecule has 3 nitrogen and oxygen atoms in total. The second-order valence-electron chi connectivity index (χ2n) is 5.66. The zero-order valence-corrected chi connectivity index (χ0v) is 14.1. The Morgan fingerprint density at radius 3 is 2.54 bits per heavy atom. The molecule has 120 valence electrons. The summed E-state index contributed by atoms with van der Waals surface area (Å²) in [6.45, 7) is 0.720. The summed E-state index contributed by atoms with van der Waals surface area (Å²) in [5.41, 5.74) is 3.19. The molecule has 0 aliphatic carbocycles. The van der Waals surface area contributed by atoms with Gasteiger partial charge in [0.15, 0.2) is 0 Å². The molecule has 1 aromatic heterocycles. The summed E-state index contributed by atoms with van der Waals surface area (Å²) in [7, 11) is 1.67. The normalized spacial score (nSPS) is 11.2. The van der Waals surface area contributed by atoms with Crippen molar-refractivity contribution in [2.24, 2.45) is 0 Å². The van der Waals surface area contributed by atoms with Crippen molar-refractivity contribution in [2.75, 3.05) is 13.0 Å². The first-order chi connectivity index (χ1) is 11.8. The summed E-state index contributed by atoms with van der Waals surface area (Å²) in [5, 5.41) is 2.36. The first kappa shape index (κ1) is 15.0. The largest absolute Gasteiger partial charge is 0.497 e. The van der Waals surface area contributed by atoms with Crippen molar-refractivity contribution in [1.29, 1.82) is 0 Å². The van der Waals surface area contributed by atoms with Gasteiger partial charge in [-0.05, 0) is 35.7 Å². The van der Waals surface area contributed by atoms with Crippen LogP contribution in [-0.4, -0.2) is 22.5 Å². The summed E-state index contributed by atoms with van der Waals surface area (Å²) >= 11 is 6.05. The van der Waals surface area contributed by atoms with Crippen LogP contribution in [0.2, 0.25) is 0 Å².